The second kappa shape index (κ2) is 6.76. The molecular weight excluding hydrogens is 370 g/mol. The Morgan fingerprint density at radius 2 is 2.12 bits per heavy atom. The zero-order valence-electron chi connectivity index (χ0n) is 12.9. The van der Waals surface area contributed by atoms with Crippen molar-refractivity contribution in [2.75, 3.05) is 17.3 Å². The predicted molar refractivity (Wildman–Crippen MR) is 98.4 cm³/mol. The molecule has 0 radical (unpaired) electrons. The number of nitrogens with zero attached hydrogens (tertiary/aromatic N) is 4. The number of carbonyl (C=O) groups excluding carboxylic acids is 1. The fourth-order valence-corrected chi connectivity index (χ4v) is 2.58. The Kier molecular flexibility index (Phi) is 4.52. The molecule has 0 unspecified atom stereocenters. The van der Waals surface area contributed by atoms with Crippen LogP contribution in [0.5, 0.6) is 0 Å². The third-order valence-corrected chi connectivity index (χ3v) is 3.94. The first-order chi connectivity index (χ1) is 11.6. The van der Waals surface area contributed by atoms with E-state index in [0.29, 0.717) is 17.2 Å². The van der Waals surface area contributed by atoms with E-state index in [9.17, 15) is 4.79 Å². The number of nitrogens with one attached hydrogen (secondary N) is 1. The molecule has 0 aliphatic carbocycles. The molecule has 1 N–H and O–H groups in total. The van der Waals surface area contributed by atoms with Gasteiger partial charge in [0.1, 0.15) is 18.0 Å². The topological polar surface area (TPSA) is 71.0 Å². The van der Waals surface area contributed by atoms with E-state index in [-0.39, 0.29) is 5.91 Å². The normalized spacial score (nSPS) is 10.4. The summed E-state index contributed by atoms with van der Waals surface area (Å²) < 4.78 is 0.963. The van der Waals surface area contributed by atoms with E-state index >= 15 is 0 Å². The molecule has 1 amide bonds. The van der Waals surface area contributed by atoms with Crippen molar-refractivity contribution in [3.8, 4) is 0 Å². The number of fused-ring (bicyclic) bond motifs is 1. The van der Waals surface area contributed by atoms with Crippen molar-refractivity contribution in [2.45, 2.75) is 0 Å². The van der Waals surface area contributed by atoms with Gasteiger partial charge in [0.25, 0.3) is 5.91 Å². The summed E-state index contributed by atoms with van der Waals surface area (Å²) in [5.74, 6) is 0.904. The van der Waals surface area contributed by atoms with Crippen LogP contribution in [0.1, 0.15) is 0 Å². The van der Waals surface area contributed by atoms with Crippen LogP contribution in [0.15, 0.2) is 60.0 Å². The third kappa shape index (κ3) is 3.26. The number of hydrogen-bond acceptors (Lipinski definition) is 5. The monoisotopic (exact) mass is 383 g/mol. The Bertz CT molecular complexity index is 928. The van der Waals surface area contributed by atoms with Crippen molar-refractivity contribution >= 4 is 50.1 Å². The Labute approximate surface area is 147 Å². The maximum atomic E-state index is 11.8. The summed E-state index contributed by atoms with van der Waals surface area (Å²) in [5, 5.41) is 4.03. The SMILES string of the molecule is C=CC(=O)N(C)c1cc2c(Nc3cccc(Br)c3)ncnc2cn1. The van der Waals surface area contributed by atoms with Gasteiger partial charge in [0.2, 0.25) is 0 Å². The Morgan fingerprint density at radius 1 is 1.29 bits per heavy atom. The van der Waals surface area contributed by atoms with Gasteiger partial charge >= 0.3 is 0 Å². The molecule has 6 nitrogen and oxygen atoms in total. The zero-order valence-corrected chi connectivity index (χ0v) is 14.5. The second-order valence-electron chi connectivity index (χ2n) is 5.02. The van der Waals surface area contributed by atoms with Crippen LogP contribution in [0.4, 0.5) is 17.3 Å². The molecule has 3 rings (SSSR count). The lowest BCUT2D eigenvalue weighted by Crippen LogP contribution is -2.24. The predicted octanol–water partition coefficient (Wildman–Crippen LogP) is 3.68. The summed E-state index contributed by atoms with van der Waals surface area (Å²) in [6.45, 7) is 3.49. The molecule has 120 valence electrons. The number of rotatable bonds is 4. The number of hydrogen-bond donors (Lipinski definition) is 1. The van der Waals surface area contributed by atoms with Gasteiger partial charge in [0, 0.05) is 22.6 Å². The van der Waals surface area contributed by atoms with E-state index in [1.807, 2.05) is 24.3 Å². The minimum Gasteiger partial charge on any atom is -0.340 e. The molecule has 7 heteroatoms. The Morgan fingerprint density at radius 3 is 2.88 bits per heavy atom. The maximum Gasteiger partial charge on any atom is 0.251 e. The molecule has 0 atom stereocenters. The second-order valence-corrected chi connectivity index (χ2v) is 5.93. The van der Waals surface area contributed by atoms with Gasteiger partial charge in [-0.15, -0.1) is 0 Å². The maximum absolute atomic E-state index is 11.8. The van der Waals surface area contributed by atoms with Crippen molar-refractivity contribution in [1.82, 2.24) is 15.0 Å². The van der Waals surface area contributed by atoms with Gasteiger partial charge < -0.3 is 5.32 Å². The van der Waals surface area contributed by atoms with Crippen LogP contribution in [0, 0.1) is 0 Å². The standard InChI is InChI=1S/C17H14BrN5O/c1-3-16(24)23(2)15-8-13-14(9-19-15)20-10-21-17(13)22-12-6-4-5-11(18)7-12/h3-10H,1H2,2H3,(H,20,21,22). The first-order valence-electron chi connectivity index (χ1n) is 7.12. The van der Waals surface area contributed by atoms with E-state index in [2.05, 4.69) is 42.8 Å². The van der Waals surface area contributed by atoms with E-state index in [1.165, 1.54) is 17.3 Å². The zero-order chi connectivity index (χ0) is 17.1. The molecule has 0 aliphatic rings. The molecule has 0 spiro atoms. The van der Waals surface area contributed by atoms with Gasteiger partial charge in [0.15, 0.2) is 0 Å². The number of aromatic nitrogens is 3. The van der Waals surface area contributed by atoms with Gasteiger partial charge in [-0.2, -0.15) is 0 Å². The fourth-order valence-electron chi connectivity index (χ4n) is 2.18. The van der Waals surface area contributed by atoms with Crippen LogP contribution in [0.2, 0.25) is 0 Å². The summed E-state index contributed by atoms with van der Waals surface area (Å²) in [5.41, 5.74) is 1.57. The first kappa shape index (κ1) is 16.1. The molecular formula is C17H14BrN5O. The van der Waals surface area contributed by atoms with Crippen molar-refractivity contribution < 1.29 is 4.79 Å². The van der Waals surface area contributed by atoms with Crippen molar-refractivity contribution in [3.63, 3.8) is 0 Å². The van der Waals surface area contributed by atoms with Crippen LogP contribution in [-0.2, 0) is 4.79 Å². The highest BCUT2D eigenvalue weighted by molar-refractivity contribution is 9.10. The summed E-state index contributed by atoms with van der Waals surface area (Å²) in [6.07, 6.45) is 4.34. The highest BCUT2D eigenvalue weighted by Crippen LogP contribution is 2.26. The molecule has 24 heavy (non-hydrogen) atoms. The third-order valence-electron chi connectivity index (χ3n) is 3.44. The lowest BCUT2D eigenvalue weighted by Gasteiger charge is -2.15. The Balaban J connectivity index is 2.04. The van der Waals surface area contributed by atoms with Crippen LogP contribution < -0.4 is 10.2 Å². The molecule has 0 saturated heterocycles. The average Bonchev–Trinajstić information content (AvgIpc) is 2.60. The Hall–Kier alpha value is -2.80. The van der Waals surface area contributed by atoms with E-state index in [0.717, 1.165) is 15.5 Å². The van der Waals surface area contributed by atoms with Crippen LogP contribution in [0.3, 0.4) is 0 Å². The molecule has 2 aromatic heterocycles. The quantitative estimate of drug-likeness (QED) is 0.695. The van der Waals surface area contributed by atoms with E-state index in [1.54, 1.807) is 19.3 Å². The van der Waals surface area contributed by atoms with Gasteiger partial charge in [0.05, 0.1) is 11.7 Å². The largest absolute Gasteiger partial charge is 0.340 e. The molecule has 0 fully saturated rings. The van der Waals surface area contributed by atoms with E-state index in [4.69, 9.17) is 0 Å². The highest BCUT2D eigenvalue weighted by Gasteiger charge is 2.12. The number of carbonyl (C=O) groups is 1. The molecule has 0 bridgehead atoms. The summed E-state index contributed by atoms with van der Waals surface area (Å²) in [6, 6.07) is 9.54. The van der Waals surface area contributed by atoms with Crippen molar-refractivity contribution in [3.05, 3.63) is 60.0 Å². The van der Waals surface area contributed by atoms with Gasteiger partial charge in [-0.3, -0.25) is 9.69 Å². The number of halogens is 1. The number of likely N-dealkylation sites (N-methyl/N-ethyl adjacent to an activating group) is 1. The van der Waals surface area contributed by atoms with Crippen LogP contribution in [0.25, 0.3) is 10.9 Å². The highest BCUT2D eigenvalue weighted by atomic mass is 79.9. The fraction of sp³-hybridized carbons (Fsp3) is 0.0588. The molecule has 0 aliphatic heterocycles. The molecule has 3 aromatic rings. The molecule has 0 saturated carbocycles. The minimum absolute atomic E-state index is 0.236. The van der Waals surface area contributed by atoms with Crippen molar-refractivity contribution in [1.29, 1.82) is 0 Å². The number of benzene rings is 1. The number of anilines is 3. The lowest BCUT2D eigenvalue weighted by molar-refractivity contribution is -0.113. The average molecular weight is 384 g/mol. The minimum atomic E-state index is -0.236. The molecule has 1 aromatic carbocycles. The number of pyridine rings is 1. The van der Waals surface area contributed by atoms with Crippen LogP contribution in [-0.4, -0.2) is 27.9 Å². The summed E-state index contributed by atoms with van der Waals surface area (Å²) in [4.78, 5) is 26.0. The van der Waals surface area contributed by atoms with Gasteiger partial charge in [-0.1, -0.05) is 28.6 Å². The lowest BCUT2D eigenvalue weighted by atomic mass is 10.2. The van der Waals surface area contributed by atoms with Crippen molar-refractivity contribution in [2.24, 2.45) is 0 Å². The van der Waals surface area contributed by atoms with Crippen LogP contribution >= 0.6 is 15.9 Å². The first-order valence-corrected chi connectivity index (χ1v) is 7.91. The molecule has 2 heterocycles. The van der Waals surface area contributed by atoms with E-state index < -0.39 is 0 Å². The number of amides is 1. The smallest absolute Gasteiger partial charge is 0.251 e. The van der Waals surface area contributed by atoms with Gasteiger partial charge in [-0.25, -0.2) is 15.0 Å². The summed E-state index contributed by atoms with van der Waals surface area (Å²) >= 11 is 3.44. The summed E-state index contributed by atoms with van der Waals surface area (Å²) in [7, 11) is 1.64. The van der Waals surface area contributed by atoms with Gasteiger partial charge in [-0.05, 0) is 30.3 Å².